The molecule has 0 amide bonds. The van der Waals surface area contributed by atoms with Gasteiger partial charge < -0.3 is 11.1 Å². The van der Waals surface area contributed by atoms with Crippen LogP contribution in [0.4, 0.5) is 4.39 Å². The van der Waals surface area contributed by atoms with Crippen molar-refractivity contribution in [2.75, 3.05) is 13.1 Å². The van der Waals surface area contributed by atoms with Crippen LogP contribution in [0.2, 0.25) is 0 Å². The molecule has 0 radical (unpaired) electrons. The molecule has 2 rings (SSSR count). The van der Waals surface area contributed by atoms with Crippen LogP contribution in [-0.4, -0.2) is 13.1 Å². The van der Waals surface area contributed by atoms with E-state index in [4.69, 9.17) is 5.73 Å². The average Bonchev–Trinajstić information content (AvgIpc) is 2.29. The van der Waals surface area contributed by atoms with E-state index in [1.807, 2.05) is 19.1 Å². The largest absolute Gasteiger partial charge is 0.324 e. The molecule has 0 aliphatic carbocycles. The highest BCUT2D eigenvalue weighted by molar-refractivity contribution is 5.85. The van der Waals surface area contributed by atoms with Gasteiger partial charge in [-0.05, 0) is 50.4 Å². The molecule has 17 heavy (non-hydrogen) atoms. The van der Waals surface area contributed by atoms with E-state index in [2.05, 4.69) is 5.32 Å². The maximum atomic E-state index is 13.8. The van der Waals surface area contributed by atoms with Gasteiger partial charge in [0.15, 0.2) is 0 Å². The van der Waals surface area contributed by atoms with E-state index in [9.17, 15) is 4.39 Å². The Kier molecular flexibility index (Phi) is 5.37. The zero-order valence-corrected chi connectivity index (χ0v) is 10.9. The van der Waals surface area contributed by atoms with Crippen LogP contribution >= 0.6 is 12.4 Å². The van der Waals surface area contributed by atoms with Crippen molar-refractivity contribution in [3.63, 3.8) is 0 Å². The van der Waals surface area contributed by atoms with Crippen molar-refractivity contribution in [2.45, 2.75) is 25.8 Å². The third-order valence-corrected chi connectivity index (χ3v) is 3.41. The van der Waals surface area contributed by atoms with Crippen LogP contribution in [0.3, 0.4) is 0 Å². The molecule has 96 valence electrons. The standard InChI is InChI=1S/C13H19FN2.ClH/c1-9-2-3-11(12(14)8-9)13(15)10-4-6-16-7-5-10;/h2-3,8,10,13,16H,4-7,15H2,1H3;1H/t13-;/m1./s1. The number of hydrogen-bond acceptors (Lipinski definition) is 2. The van der Waals surface area contributed by atoms with Crippen LogP contribution in [0.15, 0.2) is 18.2 Å². The normalized spacial score (nSPS) is 18.5. The van der Waals surface area contributed by atoms with Crippen molar-refractivity contribution in [3.8, 4) is 0 Å². The van der Waals surface area contributed by atoms with Gasteiger partial charge in [-0.25, -0.2) is 4.39 Å². The fourth-order valence-electron chi connectivity index (χ4n) is 2.36. The molecule has 0 unspecified atom stereocenters. The molecular formula is C13H20ClFN2. The fourth-order valence-corrected chi connectivity index (χ4v) is 2.36. The van der Waals surface area contributed by atoms with Gasteiger partial charge in [0.05, 0.1) is 0 Å². The number of halogens is 2. The van der Waals surface area contributed by atoms with Gasteiger partial charge in [-0.15, -0.1) is 12.4 Å². The second-order valence-corrected chi connectivity index (χ2v) is 4.64. The summed E-state index contributed by atoms with van der Waals surface area (Å²) < 4.78 is 13.8. The Hall–Kier alpha value is -0.640. The van der Waals surface area contributed by atoms with E-state index >= 15 is 0 Å². The topological polar surface area (TPSA) is 38.0 Å². The lowest BCUT2D eigenvalue weighted by molar-refractivity contribution is 0.317. The van der Waals surface area contributed by atoms with E-state index < -0.39 is 0 Å². The molecule has 1 aliphatic rings. The Bertz CT molecular complexity index is 364. The van der Waals surface area contributed by atoms with Crippen LogP contribution in [-0.2, 0) is 0 Å². The van der Waals surface area contributed by atoms with Crippen molar-refractivity contribution in [1.82, 2.24) is 5.32 Å². The Balaban J connectivity index is 0.00000144. The highest BCUT2D eigenvalue weighted by Crippen LogP contribution is 2.28. The third kappa shape index (κ3) is 3.41. The second-order valence-electron chi connectivity index (χ2n) is 4.64. The molecular weight excluding hydrogens is 239 g/mol. The smallest absolute Gasteiger partial charge is 0.128 e. The van der Waals surface area contributed by atoms with Gasteiger partial charge in [0, 0.05) is 11.6 Å². The summed E-state index contributed by atoms with van der Waals surface area (Å²) in [6.07, 6.45) is 2.07. The van der Waals surface area contributed by atoms with Gasteiger partial charge >= 0.3 is 0 Å². The molecule has 0 aromatic heterocycles. The first kappa shape index (κ1) is 14.4. The minimum absolute atomic E-state index is 0. The summed E-state index contributed by atoms with van der Waals surface area (Å²) in [5, 5.41) is 3.30. The molecule has 0 spiro atoms. The van der Waals surface area contributed by atoms with Crippen LogP contribution in [0.5, 0.6) is 0 Å². The number of nitrogens with two attached hydrogens (primary N) is 1. The van der Waals surface area contributed by atoms with Gasteiger partial charge in [-0.1, -0.05) is 12.1 Å². The molecule has 3 N–H and O–H groups in total. The van der Waals surface area contributed by atoms with Crippen LogP contribution in [0.25, 0.3) is 0 Å². The van der Waals surface area contributed by atoms with Crippen molar-refractivity contribution in [2.24, 2.45) is 11.7 Å². The quantitative estimate of drug-likeness (QED) is 0.856. The molecule has 1 aromatic carbocycles. The summed E-state index contributed by atoms with van der Waals surface area (Å²) in [6.45, 7) is 3.88. The molecule has 1 aliphatic heterocycles. The Morgan fingerprint density at radius 1 is 1.35 bits per heavy atom. The predicted molar refractivity (Wildman–Crippen MR) is 70.9 cm³/mol. The van der Waals surface area contributed by atoms with Gasteiger partial charge in [0.1, 0.15) is 5.82 Å². The number of nitrogens with one attached hydrogen (secondary N) is 1. The SMILES string of the molecule is Cc1ccc([C@H](N)C2CCNCC2)c(F)c1.Cl. The average molecular weight is 259 g/mol. The highest BCUT2D eigenvalue weighted by atomic mass is 35.5. The van der Waals surface area contributed by atoms with E-state index in [-0.39, 0.29) is 24.3 Å². The summed E-state index contributed by atoms with van der Waals surface area (Å²) in [5.41, 5.74) is 7.76. The molecule has 1 atom stereocenters. The predicted octanol–water partition coefficient (Wildman–Crippen LogP) is 2.56. The highest BCUT2D eigenvalue weighted by Gasteiger charge is 2.23. The molecule has 2 nitrogen and oxygen atoms in total. The molecule has 1 fully saturated rings. The number of piperidine rings is 1. The molecule has 1 heterocycles. The first-order chi connectivity index (χ1) is 7.68. The number of rotatable bonds is 2. The van der Waals surface area contributed by atoms with E-state index in [1.54, 1.807) is 6.07 Å². The van der Waals surface area contributed by atoms with Gasteiger partial charge in [-0.2, -0.15) is 0 Å². The minimum Gasteiger partial charge on any atom is -0.324 e. The molecule has 1 saturated heterocycles. The Morgan fingerprint density at radius 2 is 2.00 bits per heavy atom. The molecule has 1 aromatic rings. The summed E-state index contributed by atoms with van der Waals surface area (Å²) in [4.78, 5) is 0. The minimum atomic E-state index is -0.164. The Morgan fingerprint density at radius 3 is 2.59 bits per heavy atom. The number of aryl methyl sites for hydroxylation is 1. The van der Waals surface area contributed by atoms with Crippen LogP contribution < -0.4 is 11.1 Å². The molecule has 0 saturated carbocycles. The lowest BCUT2D eigenvalue weighted by Crippen LogP contribution is -2.34. The van der Waals surface area contributed by atoms with Gasteiger partial charge in [0.2, 0.25) is 0 Å². The van der Waals surface area contributed by atoms with E-state index in [0.717, 1.165) is 31.5 Å². The number of benzene rings is 1. The van der Waals surface area contributed by atoms with Crippen molar-refractivity contribution in [3.05, 3.63) is 35.1 Å². The van der Waals surface area contributed by atoms with E-state index in [1.165, 1.54) is 0 Å². The number of hydrogen-bond donors (Lipinski definition) is 2. The van der Waals surface area contributed by atoms with Crippen molar-refractivity contribution < 1.29 is 4.39 Å². The first-order valence-electron chi connectivity index (χ1n) is 5.91. The summed E-state index contributed by atoms with van der Waals surface area (Å²) in [7, 11) is 0. The third-order valence-electron chi connectivity index (χ3n) is 3.41. The zero-order chi connectivity index (χ0) is 11.5. The van der Waals surface area contributed by atoms with E-state index in [0.29, 0.717) is 11.5 Å². The monoisotopic (exact) mass is 258 g/mol. The van der Waals surface area contributed by atoms with Gasteiger partial charge in [-0.3, -0.25) is 0 Å². The lowest BCUT2D eigenvalue weighted by Gasteiger charge is -2.28. The zero-order valence-electron chi connectivity index (χ0n) is 10.1. The molecule has 4 heteroatoms. The summed E-state index contributed by atoms with van der Waals surface area (Å²) in [5.74, 6) is 0.240. The summed E-state index contributed by atoms with van der Waals surface area (Å²) in [6, 6.07) is 5.16. The lowest BCUT2D eigenvalue weighted by atomic mass is 9.86. The Labute approximate surface area is 108 Å². The maximum absolute atomic E-state index is 13.8. The first-order valence-corrected chi connectivity index (χ1v) is 5.91. The summed E-state index contributed by atoms with van der Waals surface area (Å²) >= 11 is 0. The molecule has 0 bridgehead atoms. The fraction of sp³-hybridized carbons (Fsp3) is 0.538. The van der Waals surface area contributed by atoms with Crippen LogP contribution in [0, 0.1) is 18.7 Å². The van der Waals surface area contributed by atoms with Gasteiger partial charge in [0.25, 0.3) is 0 Å². The van der Waals surface area contributed by atoms with Crippen molar-refractivity contribution >= 4 is 12.4 Å². The van der Waals surface area contributed by atoms with Crippen molar-refractivity contribution in [1.29, 1.82) is 0 Å². The second kappa shape index (κ2) is 6.34. The maximum Gasteiger partial charge on any atom is 0.128 e. The van der Waals surface area contributed by atoms with Crippen LogP contribution in [0.1, 0.15) is 30.0 Å².